The molecule has 13 heavy (non-hydrogen) atoms. The van der Waals surface area contributed by atoms with Crippen molar-refractivity contribution in [3.63, 3.8) is 0 Å². The zero-order valence-electron chi connectivity index (χ0n) is 7.78. The average Bonchev–Trinajstić information content (AvgIpc) is 2.45. The third-order valence-corrected chi connectivity index (χ3v) is 3.03. The van der Waals surface area contributed by atoms with Gasteiger partial charge in [-0.15, -0.1) is 0 Å². The summed E-state index contributed by atoms with van der Waals surface area (Å²) in [6.07, 6.45) is 7.59. The van der Waals surface area contributed by atoms with E-state index in [0.717, 1.165) is 32.1 Å². The summed E-state index contributed by atoms with van der Waals surface area (Å²) in [7, 11) is -1.93. The molecule has 0 aromatic carbocycles. The molecule has 0 amide bonds. The molecule has 0 spiro atoms. The van der Waals surface area contributed by atoms with Gasteiger partial charge < -0.3 is 5.73 Å². The predicted octanol–water partition coefficient (Wildman–Crippen LogP) is 1.94. The van der Waals surface area contributed by atoms with Gasteiger partial charge >= 0.3 is 8.03 Å². The Kier molecular flexibility index (Phi) is 4.57. The van der Waals surface area contributed by atoms with Gasteiger partial charge in [-0.3, -0.25) is 0 Å². The molecule has 3 nitrogen and oxygen atoms in total. The van der Waals surface area contributed by atoms with Crippen molar-refractivity contribution >= 4 is 8.03 Å². The van der Waals surface area contributed by atoms with Crippen LogP contribution in [0.4, 0.5) is 0 Å². The van der Waals surface area contributed by atoms with Gasteiger partial charge in [0.25, 0.3) is 0 Å². The first-order valence-corrected chi connectivity index (χ1v) is 6.15. The monoisotopic (exact) mass is 202 g/mol. The van der Waals surface area contributed by atoms with Gasteiger partial charge in [-0.25, -0.2) is 0 Å². The van der Waals surface area contributed by atoms with Gasteiger partial charge in [-0.05, 0) is 36.7 Å². The highest BCUT2D eigenvalue weighted by atomic mass is 31.1. The van der Waals surface area contributed by atoms with E-state index in [1.807, 2.05) is 0 Å². The Balaban J connectivity index is 2.03. The Hall–Kier alpha value is -0.240. The molecule has 0 fully saturated rings. The van der Waals surface area contributed by atoms with E-state index in [1.165, 1.54) is 5.57 Å². The van der Waals surface area contributed by atoms with Crippen molar-refractivity contribution in [3.8, 4) is 0 Å². The SMILES string of the molecule is N[C@@H]1CC=C(CCCC[P+](=O)O)C1. The number of hydrogen-bond donors (Lipinski definition) is 2. The molecule has 0 aliphatic heterocycles. The number of nitrogens with two attached hydrogens (primary N) is 1. The second-order valence-corrected chi connectivity index (χ2v) is 4.75. The minimum Gasteiger partial charge on any atom is -0.327 e. The van der Waals surface area contributed by atoms with Gasteiger partial charge in [-0.2, -0.15) is 4.89 Å². The highest BCUT2D eigenvalue weighted by Crippen LogP contribution is 2.23. The fraction of sp³-hybridized carbons (Fsp3) is 0.778. The molecular weight excluding hydrogens is 185 g/mol. The highest BCUT2D eigenvalue weighted by Gasteiger charge is 2.13. The van der Waals surface area contributed by atoms with Crippen LogP contribution in [-0.2, 0) is 4.57 Å². The number of hydrogen-bond acceptors (Lipinski definition) is 2. The summed E-state index contributed by atoms with van der Waals surface area (Å²) in [5, 5.41) is 0. The van der Waals surface area contributed by atoms with Crippen LogP contribution >= 0.6 is 8.03 Å². The molecule has 0 aromatic rings. The van der Waals surface area contributed by atoms with Crippen LogP contribution in [-0.4, -0.2) is 17.1 Å². The molecule has 4 heteroatoms. The Labute approximate surface area is 79.9 Å². The van der Waals surface area contributed by atoms with Crippen LogP contribution in [0.15, 0.2) is 11.6 Å². The third-order valence-electron chi connectivity index (χ3n) is 2.33. The van der Waals surface area contributed by atoms with E-state index >= 15 is 0 Å². The lowest BCUT2D eigenvalue weighted by molar-refractivity contribution is 0.500. The molecule has 0 radical (unpaired) electrons. The fourth-order valence-electron chi connectivity index (χ4n) is 1.62. The highest BCUT2D eigenvalue weighted by molar-refractivity contribution is 7.37. The lowest BCUT2D eigenvalue weighted by Crippen LogP contribution is -2.14. The Morgan fingerprint density at radius 3 is 2.92 bits per heavy atom. The predicted molar refractivity (Wildman–Crippen MR) is 53.8 cm³/mol. The van der Waals surface area contributed by atoms with Gasteiger partial charge in [0.15, 0.2) is 6.16 Å². The summed E-state index contributed by atoms with van der Waals surface area (Å²) >= 11 is 0. The largest absolute Gasteiger partial charge is 0.505 e. The van der Waals surface area contributed by atoms with E-state index in [-0.39, 0.29) is 0 Å². The molecule has 1 rings (SSSR count). The van der Waals surface area contributed by atoms with Crippen LogP contribution in [0.1, 0.15) is 32.1 Å². The summed E-state index contributed by atoms with van der Waals surface area (Å²) in [6, 6.07) is 0.324. The van der Waals surface area contributed by atoms with Gasteiger partial charge in [0.05, 0.1) is 0 Å². The van der Waals surface area contributed by atoms with E-state index in [2.05, 4.69) is 6.08 Å². The van der Waals surface area contributed by atoms with Gasteiger partial charge in [0.2, 0.25) is 0 Å². The Bertz CT molecular complexity index is 216. The van der Waals surface area contributed by atoms with Gasteiger partial charge in [-0.1, -0.05) is 11.6 Å². The molecule has 0 saturated carbocycles. The van der Waals surface area contributed by atoms with Crippen LogP contribution in [0.2, 0.25) is 0 Å². The lowest BCUT2D eigenvalue weighted by Gasteiger charge is -2.01. The first-order valence-electron chi connectivity index (χ1n) is 4.75. The molecule has 0 aromatic heterocycles. The number of unbranched alkanes of at least 4 members (excludes halogenated alkanes) is 1. The molecule has 0 saturated heterocycles. The van der Waals surface area contributed by atoms with Crippen LogP contribution in [0.25, 0.3) is 0 Å². The molecule has 3 N–H and O–H groups in total. The quantitative estimate of drug-likeness (QED) is 0.407. The molecule has 2 atom stereocenters. The van der Waals surface area contributed by atoms with E-state index in [0.29, 0.717) is 12.2 Å². The first kappa shape index (κ1) is 10.8. The van der Waals surface area contributed by atoms with Crippen LogP contribution in [0, 0.1) is 0 Å². The summed E-state index contributed by atoms with van der Waals surface area (Å²) < 4.78 is 10.4. The number of rotatable bonds is 5. The first-order chi connectivity index (χ1) is 6.18. The second-order valence-electron chi connectivity index (χ2n) is 3.60. The maximum atomic E-state index is 10.4. The Morgan fingerprint density at radius 2 is 2.38 bits per heavy atom. The topological polar surface area (TPSA) is 63.3 Å². The molecule has 0 heterocycles. The zero-order chi connectivity index (χ0) is 9.68. The Morgan fingerprint density at radius 1 is 1.62 bits per heavy atom. The minimum absolute atomic E-state index is 0.324. The summed E-state index contributed by atoms with van der Waals surface area (Å²) in [4.78, 5) is 8.56. The average molecular weight is 202 g/mol. The second kappa shape index (κ2) is 5.48. The van der Waals surface area contributed by atoms with Crippen LogP contribution < -0.4 is 5.73 Å². The smallest absolute Gasteiger partial charge is 0.327 e. The van der Waals surface area contributed by atoms with Crippen molar-refractivity contribution < 1.29 is 9.46 Å². The molecule has 1 aliphatic carbocycles. The maximum Gasteiger partial charge on any atom is 0.505 e. The van der Waals surface area contributed by atoms with E-state index in [9.17, 15) is 4.57 Å². The van der Waals surface area contributed by atoms with Crippen LogP contribution in [0.5, 0.6) is 0 Å². The normalized spacial score (nSPS) is 23.1. The van der Waals surface area contributed by atoms with Crippen molar-refractivity contribution in [2.24, 2.45) is 5.73 Å². The fourth-order valence-corrected chi connectivity index (χ4v) is 2.12. The van der Waals surface area contributed by atoms with Gasteiger partial charge in [0, 0.05) is 6.04 Å². The third kappa shape index (κ3) is 4.51. The summed E-state index contributed by atoms with van der Waals surface area (Å²) in [5.41, 5.74) is 7.17. The summed E-state index contributed by atoms with van der Waals surface area (Å²) in [5.74, 6) is 0. The molecular formula is C9H17NO2P+. The van der Waals surface area contributed by atoms with E-state index in [1.54, 1.807) is 0 Å². The van der Waals surface area contributed by atoms with Crippen molar-refractivity contribution in [2.45, 2.75) is 38.1 Å². The zero-order valence-corrected chi connectivity index (χ0v) is 8.67. The van der Waals surface area contributed by atoms with Crippen molar-refractivity contribution in [2.75, 3.05) is 6.16 Å². The van der Waals surface area contributed by atoms with Gasteiger partial charge in [0.1, 0.15) is 0 Å². The van der Waals surface area contributed by atoms with E-state index in [4.69, 9.17) is 10.6 Å². The molecule has 74 valence electrons. The molecule has 1 aliphatic rings. The molecule has 1 unspecified atom stereocenters. The minimum atomic E-state index is -1.93. The van der Waals surface area contributed by atoms with Crippen molar-refractivity contribution in [3.05, 3.63) is 11.6 Å². The van der Waals surface area contributed by atoms with E-state index < -0.39 is 8.03 Å². The summed E-state index contributed by atoms with van der Waals surface area (Å²) in [6.45, 7) is 0. The molecule has 0 bridgehead atoms. The van der Waals surface area contributed by atoms with Crippen molar-refractivity contribution in [1.82, 2.24) is 0 Å². The maximum absolute atomic E-state index is 10.4. The van der Waals surface area contributed by atoms with Crippen LogP contribution in [0.3, 0.4) is 0 Å². The van der Waals surface area contributed by atoms with Crippen molar-refractivity contribution in [1.29, 1.82) is 0 Å². The lowest BCUT2D eigenvalue weighted by atomic mass is 10.1. The standard InChI is InChI=1S/C9H16NO2P/c10-9-5-4-8(7-9)3-1-2-6-13(11)12/h4,9H,1-3,5-7,10H2/p+1/t9-/m1/s1.